The molecule has 0 unspecified atom stereocenters. The summed E-state index contributed by atoms with van der Waals surface area (Å²) in [5.74, 6) is -4.69. The first-order valence-electron chi connectivity index (χ1n) is 11.5. The maximum atomic E-state index is 15.2. The van der Waals surface area contributed by atoms with Crippen LogP contribution in [0.5, 0.6) is 0 Å². The number of aryl methyl sites for hydroxylation is 1. The number of nitrogens with two attached hydrogens (primary N) is 1. The Morgan fingerprint density at radius 1 is 1.20 bits per heavy atom. The Bertz CT molecular complexity index is 1280. The zero-order chi connectivity index (χ0) is 25.1. The van der Waals surface area contributed by atoms with Gasteiger partial charge in [-0.15, -0.1) is 5.10 Å². The third kappa shape index (κ3) is 3.99. The topological polar surface area (TPSA) is 96.5 Å². The number of anilines is 2. The number of alkyl halides is 2. The van der Waals surface area contributed by atoms with Gasteiger partial charge in [0.1, 0.15) is 17.6 Å². The number of morpholine rings is 1. The highest BCUT2D eigenvalue weighted by atomic mass is 19.3. The minimum absolute atomic E-state index is 0.174. The van der Waals surface area contributed by atoms with Gasteiger partial charge < -0.3 is 25.8 Å². The molecule has 186 valence electrons. The summed E-state index contributed by atoms with van der Waals surface area (Å²) in [7, 11) is 0. The lowest BCUT2D eigenvalue weighted by atomic mass is 9.91. The fourth-order valence-electron chi connectivity index (χ4n) is 4.86. The van der Waals surface area contributed by atoms with Crippen LogP contribution < -0.4 is 16.0 Å². The molecule has 2 aliphatic heterocycles. The van der Waals surface area contributed by atoms with Gasteiger partial charge in [-0.3, -0.25) is 0 Å². The van der Waals surface area contributed by atoms with Crippen molar-refractivity contribution in [2.24, 2.45) is 5.73 Å². The molecule has 2 aliphatic rings. The van der Waals surface area contributed by atoms with Gasteiger partial charge in [0.05, 0.1) is 30.0 Å². The van der Waals surface area contributed by atoms with Crippen LogP contribution in [0.3, 0.4) is 0 Å². The minimum atomic E-state index is -3.82. The van der Waals surface area contributed by atoms with Crippen LogP contribution in [0.15, 0.2) is 36.4 Å². The first-order chi connectivity index (χ1) is 16.5. The normalized spacial score (nSPS) is 21.1. The number of aromatic nitrogens is 2. The van der Waals surface area contributed by atoms with E-state index in [4.69, 9.17) is 10.5 Å². The third-order valence-corrected chi connectivity index (χ3v) is 6.94. The molecular formula is C25H28F3N5O2. The first-order valence-corrected chi connectivity index (χ1v) is 11.5. The third-order valence-electron chi connectivity index (χ3n) is 6.94. The van der Waals surface area contributed by atoms with Gasteiger partial charge in [0.25, 0.3) is 0 Å². The van der Waals surface area contributed by atoms with Crippen molar-refractivity contribution in [1.82, 2.24) is 10.2 Å². The van der Waals surface area contributed by atoms with Crippen LogP contribution in [0, 0.1) is 12.7 Å². The Morgan fingerprint density at radius 3 is 2.63 bits per heavy atom. The Balaban J connectivity index is 1.49. The van der Waals surface area contributed by atoms with Crippen LogP contribution in [0.2, 0.25) is 0 Å². The molecule has 0 aliphatic carbocycles. The monoisotopic (exact) mass is 487 g/mol. The van der Waals surface area contributed by atoms with Gasteiger partial charge in [-0.05, 0) is 45.4 Å². The van der Waals surface area contributed by atoms with E-state index in [0.717, 1.165) is 55.0 Å². The molecular weight excluding hydrogens is 459 g/mol. The van der Waals surface area contributed by atoms with Crippen molar-refractivity contribution in [1.29, 1.82) is 0 Å². The van der Waals surface area contributed by atoms with E-state index < -0.39 is 29.1 Å². The summed E-state index contributed by atoms with van der Waals surface area (Å²) < 4.78 is 50.4. The zero-order valence-corrected chi connectivity index (χ0v) is 19.7. The van der Waals surface area contributed by atoms with Gasteiger partial charge in [-0.25, -0.2) is 4.39 Å². The van der Waals surface area contributed by atoms with Crippen LogP contribution in [-0.2, 0) is 10.7 Å². The lowest BCUT2D eigenvalue weighted by molar-refractivity contribution is -0.170. The van der Waals surface area contributed by atoms with E-state index in [1.165, 1.54) is 12.1 Å². The Labute approximate surface area is 201 Å². The van der Waals surface area contributed by atoms with E-state index in [-0.39, 0.29) is 11.7 Å². The number of nitrogens with one attached hydrogen (secondary N) is 1. The van der Waals surface area contributed by atoms with Crippen LogP contribution >= 0.6 is 0 Å². The second kappa shape index (κ2) is 8.32. The molecule has 2 aromatic carbocycles. The van der Waals surface area contributed by atoms with Crippen LogP contribution in [0.1, 0.15) is 43.3 Å². The summed E-state index contributed by atoms with van der Waals surface area (Å²) in [5.41, 5.74) is 4.41. The van der Waals surface area contributed by atoms with Crippen molar-refractivity contribution in [2.45, 2.75) is 57.0 Å². The second-order valence-electron chi connectivity index (χ2n) is 9.83. The molecule has 0 spiro atoms. The summed E-state index contributed by atoms with van der Waals surface area (Å²) in [6.07, 6.45) is 0.0379. The zero-order valence-electron chi connectivity index (χ0n) is 19.7. The fourth-order valence-corrected chi connectivity index (χ4v) is 4.86. The predicted molar refractivity (Wildman–Crippen MR) is 127 cm³/mol. The molecule has 2 bridgehead atoms. The summed E-state index contributed by atoms with van der Waals surface area (Å²) in [4.78, 5) is 2.30. The molecule has 0 radical (unpaired) electrons. The van der Waals surface area contributed by atoms with Gasteiger partial charge in [0.2, 0.25) is 0 Å². The van der Waals surface area contributed by atoms with E-state index >= 15 is 4.39 Å². The predicted octanol–water partition coefficient (Wildman–Crippen LogP) is 3.99. The number of ether oxygens (including phenoxy) is 1. The SMILES string of the molecule is Cc1nnc(N[C@H](N)c2cccc(C(F)(F)C(C)(C)O)c2F)c2cc(N3C[C@H]4C[C@@H]3CO4)ccc12. The minimum Gasteiger partial charge on any atom is -0.384 e. The molecule has 7 nitrogen and oxygen atoms in total. The summed E-state index contributed by atoms with van der Waals surface area (Å²) >= 11 is 0. The Kier molecular flexibility index (Phi) is 5.65. The maximum Gasteiger partial charge on any atom is 0.303 e. The smallest absolute Gasteiger partial charge is 0.303 e. The molecule has 3 atom stereocenters. The number of aliphatic hydroxyl groups is 1. The van der Waals surface area contributed by atoms with Crippen molar-refractivity contribution in [3.8, 4) is 0 Å². The first kappa shape index (κ1) is 23.8. The van der Waals surface area contributed by atoms with E-state index in [1.54, 1.807) is 0 Å². The molecule has 0 saturated carbocycles. The summed E-state index contributed by atoms with van der Waals surface area (Å²) in [5, 5.41) is 22.9. The second-order valence-corrected chi connectivity index (χ2v) is 9.83. The van der Waals surface area contributed by atoms with E-state index in [1.807, 2.05) is 25.1 Å². The average molecular weight is 488 g/mol. The highest BCUT2D eigenvalue weighted by Crippen LogP contribution is 2.41. The van der Waals surface area contributed by atoms with Crippen LogP contribution in [0.4, 0.5) is 24.7 Å². The molecule has 2 saturated heterocycles. The Morgan fingerprint density at radius 2 is 1.97 bits per heavy atom. The average Bonchev–Trinajstić information content (AvgIpc) is 3.44. The van der Waals surface area contributed by atoms with Crippen molar-refractivity contribution >= 4 is 22.3 Å². The highest BCUT2D eigenvalue weighted by Gasteiger charge is 2.49. The molecule has 3 heterocycles. The number of hydrogen-bond donors (Lipinski definition) is 3. The largest absolute Gasteiger partial charge is 0.384 e. The molecule has 5 rings (SSSR count). The van der Waals surface area contributed by atoms with Gasteiger partial charge in [-0.1, -0.05) is 18.2 Å². The van der Waals surface area contributed by atoms with Gasteiger partial charge in [-0.2, -0.15) is 13.9 Å². The van der Waals surface area contributed by atoms with E-state index in [2.05, 4.69) is 20.4 Å². The molecule has 35 heavy (non-hydrogen) atoms. The van der Waals surface area contributed by atoms with Crippen molar-refractivity contribution in [2.75, 3.05) is 23.4 Å². The maximum absolute atomic E-state index is 15.2. The summed E-state index contributed by atoms with van der Waals surface area (Å²) in [6, 6.07) is 9.86. The molecule has 10 heteroatoms. The van der Waals surface area contributed by atoms with Crippen molar-refractivity contribution < 1.29 is 23.0 Å². The van der Waals surface area contributed by atoms with Crippen molar-refractivity contribution in [3.05, 3.63) is 59.0 Å². The Hall–Kier alpha value is -2.95. The number of hydrogen-bond acceptors (Lipinski definition) is 7. The number of halogens is 3. The quantitative estimate of drug-likeness (QED) is 0.453. The lowest BCUT2D eigenvalue weighted by Crippen LogP contribution is -2.41. The number of fused-ring (bicyclic) bond motifs is 3. The van der Waals surface area contributed by atoms with E-state index in [9.17, 15) is 13.9 Å². The van der Waals surface area contributed by atoms with Crippen molar-refractivity contribution in [3.63, 3.8) is 0 Å². The van der Waals surface area contributed by atoms with Gasteiger partial charge >= 0.3 is 5.92 Å². The molecule has 1 aromatic heterocycles. The molecule has 3 aromatic rings. The van der Waals surface area contributed by atoms with Gasteiger partial charge in [0.15, 0.2) is 5.82 Å². The number of rotatable bonds is 6. The van der Waals surface area contributed by atoms with Crippen LogP contribution in [-0.4, -0.2) is 46.2 Å². The molecule has 4 N–H and O–H groups in total. The number of nitrogens with zero attached hydrogens (tertiary/aromatic N) is 3. The van der Waals surface area contributed by atoms with Crippen LogP contribution in [0.25, 0.3) is 10.8 Å². The lowest BCUT2D eigenvalue weighted by Gasteiger charge is -2.30. The fraction of sp³-hybridized carbons (Fsp3) is 0.440. The highest BCUT2D eigenvalue weighted by molar-refractivity contribution is 5.95. The standard InChI is InChI=1S/C25H28F3N5O2/c1-13-17-8-7-14(33-11-16-9-15(33)12-35-16)10-19(17)23(32-31-13)30-22(29)18-5-4-6-20(21(18)26)25(27,28)24(2,3)34/h4-8,10,15-16,22,34H,9,11-12,29H2,1-3H3,(H,30,32)/t15-,16-,22+/m1/s1. The molecule has 0 amide bonds. The van der Waals surface area contributed by atoms with Gasteiger partial charge in [0, 0.05) is 28.6 Å². The molecule has 2 fully saturated rings. The number of benzene rings is 2. The summed E-state index contributed by atoms with van der Waals surface area (Å²) in [6.45, 7) is 5.20. The van der Waals surface area contributed by atoms with E-state index in [0.29, 0.717) is 18.5 Å².